The van der Waals surface area contributed by atoms with Crippen molar-refractivity contribution in [2.45, 2.75) is 80.1 Å². The number of aryl methyl sites for hydroxylation is 3. The smallest absolute Gasteiger partial charge is 0.335 e. The van der Waals surface area contributed by atoms with Gasteiger partial charge in [0.25, 0.3) is 0 Å². The van der Waals surface area contributed by atoms with Crippen LogP contribution >= 0.6 is 0 Å². The van der Waals surface area contributed by atoms with Gasteiger partial charge in [0.2, 0.25) is 0 Å². The summed E-state index contributed by atoms with van der Waals surface area (Å²) in [6, 6.07) is 8.20. The lowest BCUT2D eigenvalue weighted by Gasteiger charge is -2.25. The van der Waals surface area contributed by atoms with Crippen LogP contribution < -0.4 is 4.74 Å². The highest BCUT2D eigenvalue weighted by atomic mass is 16.5. The van der Waals surface area contributed by atoms with Crippen molar-refractivity contribution >= 4 is 5.97 Å². The zero-order chi connectivity index (χ0) is 23.6. The first-order chi connectivity index (χ1) is 14.2. The summed E-state index contributed by atoms with van der Waals surface area (Å²) in [4.78, 5) is 12.1. The monoisotopic (exact) mass is 422 g/mol. The van der Waals surface area contributed by atoms with Crippen molar-refractivity contribution in [3.8, 4) is 11.5 Å². The van der Waals surface area contributed by atoms with Crippen LogP contribution in [0.25, 0.3) is 0 Å². The van der Waals surface area contributed by atoms with E-state index in [1.54, 1.807) is 0 Å². The highest BCUT2D eigenvalue weighted by Gasteiger charge is 2.24. The second kappa shape index (κ2) is 9.30. The van der Waals surface area contributed by atoms with Crippen molar-refractivity contribution < 1.29 is 14.6 Å². The lowest BCUT2D eigenvalue weighted by molar-refractivity contribution is -0.129. The molecule has 0 heterocycles. The van der Waals surface area contributed by atoms with Crippen LogP contribution in [-0.2, 0) is 23.1 Å². The molecule has 2 aromatic carbocycles. The normalized spacial score (nSPS) is 12.0. The summed E-state index contributed by atoms with van der Waals surface area (Å²) in [5, 5.41) is 11.1. The van der Waals surface area contributed by atoms with Gasteiger partial charge in [0, 0.05) is 18.1 Å². The zero-order valence-corrected chi connectivity index (χ0v) is 20.5. The zero-order valence-electron chi connectivity index (χ0n) is 20.5. The largest absolute Gasteiger partial charge is 0.507 e. The molecular weight excluding hydrogens is 384 g/mol. The van der Waals surface area contributed by atoms with Crippen LogP contribution in [0.2, 0.25) is 0 Å². The minimum absolute atomic E-state index is 0.195. The molecular formula is C28H38O3. The molecule has 1 N–H and O–H groups in total. The Balaban J connectivity index is 2.57. The molecule has 3 nitrogen and oxygen atoms in total. The summed E-state index contributed by atoms with van der Waals surface area (Å²) in [5.41, 5.74) is 5.89. The van der Waals surface area contributed by atoms with E-state index in [2.05, 4.69) is 67.2 Å². The van der Waals surface area contributed by atoms with Gasteiger partial charge >= 0.3 is 5.97 Å². The van der Waals surface area contributed by atoms with Crippen molar-refractivity contribution in [3.63, 3.8) is 0 Å². The molecule has 0 aliphatic heterocycles. The van der Waals surface area contributed by atoms with E-state index >= 15 is 0 Å². The maximum atomic E-state index is 12.1. The fraction of sp³-hybridized carbons (Fsp3) is 0.464. The maximum Gasteiger partial charge on any atom is 0.335 e. The summed E-state index contributed by atoms with van der Waals surface area (Å²) in [5.74, 6) is 0.435. The number of phenolic OH excluding ortho intramolecular Hbond substituents is 1. The predicted molar refractivity (Wildman–Crippen MR) is 129 cm³/mol. The fourth-order valence-corrected chi connectivity index (χ4v) is 3.77. The summed E-state index contributed by atoms with van der Waals surface area (Å²) in [6.45, 7) is 20.6. The first-order valence-electron chi connectivity index (χ1n) is 11.0. The molecule has 0 fully saturated rings. The first-order valence-corrected chi connectivity index (χ1v) is 11.0. The van der Waals surface area contributed by atoms with E-state index in [-0.39, 0.29) is 10.8 Å². The number of carbonyl (C=O) groups is 1. The highest BCUT2D eigenvalue weighted by molar-refractivity contribution is 5.84. The Morgan fingerprint density at radius 3 is 2.06 bits per heavy atom. The van der Waals surface area contributed by atoms with Crippen LogP contribution in [0, 0.1) is 19.3 Å². The van der Waals surface area contributed by atoms with Gasteiger partial charge in [-0.1, -0.05) is 83.5 Å². The summed E-state index contributed by atoms with van der Waals surface area (Å²) >= 11 is 0. The van der Waals surface area contributed by atoms with Gasteiger partial charge in [-0.15, -0.1) is 0 Å². The predicted octanol–water partition coefficient (Wildman–Crippen LogP) is 6.97. The Morgan fingerprint density at radius 1 is 0.968 bits per heavy atom. The summed E-state index contributed by atoms with van der Waals surface area (Å²) < 4.78 is 5.73. The van der Waals surface area contributed by atoms with Crippen LogP contribution in [0.15, 0.2) is 36.9 Å². The number of esters is 1. The lowest BCUT2D eigenvalue weighted by Crippen LogP contribution is -2.17. The van der Waals surface area contributed by atoms with Crippen LogP contribution in [0.1, 0.15) is 81.3 Å². The third-order valence-corrected chi connectivity index (χ3v) is 5.42. The quantitative estimate of drug-likeness (QED) is 0.311. The molecule has 0 aliphatic rings. The van der Waals surface area contributed by atoms with Gasteiger partial charge in [0.05, 0.1) is 0 Å². The molecule has 0 saturated heterocycles. The third-order valence-electron chi connectivity index (χ3n) is 5.42. The van der Waals surface area contributed by atoms with E-state index in [0.29, 0.717) is 17.9 Å². The van der Waals surface area contributed by atoms with Crippen LogP contribution in [-0.4, -0.2) is 11.1 Å². The minimum Gasteiger partial charge on any atom is -0.507 e. The van der Waals surface area contributed by atoms with E-state index in [9.17, 15) is 9.90 Å². The van der Waals surface area contributed by atoms with E-state index in [1.807, 2.05) is 19.1 Å². The molecule has 3 heteroatoms. The molecule has 0 aromatic heterocycles. The number of hydrogen-bond donors (Lipinski definition) is 1. The molecule has 0 spiro atoms. The van der Waals surface area contributed by atoms with Gasteiger partial charge in [-0.05, 0) is 54.2 Å². The van der Waals surface area contributed by atoms with E-state index in [4.69, 9.17) is 4.74 Å². The maximum absolute atomic E-state index is 12.1. The Bertz CT molecular complexity index is 969. The Labute approximate surface area is 188 Å². The molecule has 0 unspecified atom stereocenters. The van der Waals surface area contributed by atoms with Gasteiger partial charge in [-0.25, -0.2) is 4.79 Å². The topological polar surface area (TPSA) is 46.5 Å². The van der Waals surface area contributed by atoms with Crippen LogP contribution in [0.5, 0.6) is 11.5 Å². The Morgan fingerprint density at radius 2 is 1.52 bits per heavy atom. The molecule has 0 radical (unpaired) electrons. The van der Waals surface area contributed by atoms with Gasteiger partial charge < -0.3 is 9.84 Å². The molecule has 2 aromatic rings. The van der Waals surface area contributed by atoms with Crippen molar-refractivity contribution in [1.29, 1.82) is 0 Å². The molecule has 2 rings (SSSR count). The van der Waals surface area contributed by atoms with Gasteiger partial charge in [0.15, 0.2) is 0 Å². The number of benzene rings is 2. The number of ether oxygens (including phenoxy) is 1. The highest BCUT2D eigenvalue weighted by Crippen LogP contribution is 2.38. The summed E-state index contributed by atoms with van der Waals surface area (Å²) in [6.07, 6.45) is 3.49. The third kappa shape index (κ3) is 6.72. The SMILES string of the molecule is C=CC(=O)Oc1c(Cc2cc(C)cc(CCC(C)(C)C)c2O)cc(C)cc1C(C)(C)C. The second-order valence-electron chi connectivity index (χ2n) is 10.8. The number of aromatic hydroxyl groups is 1. The average Bonchev–Trinajstić information content (AvgIpc) is 2.63. The molecule has 0 atom stereocenters. The molecule has 0 aliphatic carbocycles. The first kappa shape index (κ1) is 24.7. The van der Waals surface area contributed by atoms with Gasteiger partial charge in [-0.2, -0.15) is 0 Å². The van der Waals surface area contributed by atoms with Crippen molar-refractivity contribution in [2.75, 3.05) is 0 Å². The van der Waals surface area contributed by atoms with Crippen LogP contribution in [0.4, 0.5) is 0 Å². The molecule has 0 saturated carbocycles. The van der Waals surface area contributed by atoms with E-state index in [1.165, 1.54) is 6.08 Å². The number of carbonyl (C=O) groups excluding carboxylic acids is 1. The van der Waals surface area contributed by atoms with Crippen LogP contribution in [0.3, 0.4) is 0 Å². The van der Waals surface area contributed by atoms with Crippen molar-refractivity contribution in [2.24, 2.45) is 5.41 Å². The lowest BCUT2D eigenvalue weighted by atomic mass is 9.83. The fourth-order valence-electron chi connectivity index (χ4n) is 3.77. The van der Waals surface area contributed by atoms with Gasteiger partial charge in [0.1, 0.15) is 11.5 Å². The number of phenols is 1. The summed E-state index contributed by atoms with van der Waals surface area (Å²) in [7, 11) is 0. The second-order valence-corrected chi connectivity index (χ2v) is 10.8. The molecule has 0 amide bonds. The number of hydrogen-bond acceptors (Lipinski definition) is 3. The van der Waals surface area contributed by atoms with Crippen molar-refractivity contribution in [1.82, 2.24) is 0 Å². The molecule has 31 heavy (non-hydrogen) atoms. The Hall–Kier alpha value is -2.55. The van der Waals surface area contributed by atoms with E-state index < -0.39 is 5.97 Å². The van der Waals surface area contributed by atoms with Gasteiger partial charge in [-0.3, -0.25) is 0 Å². The average molecular weight is 423 g/mol. The van der Waals surface area contributed by atoms with E-state index in [0.717, 1.165) is 46.2 Å². The Kier molecular flexibility index (Phi) is 7.41. The molecule has 168 valence electrons. The standard InChI is InChI=1S/C28H38O3/c1-10-24(29)31-26-22(15-19(3)16-23(26)28(7,8)9)17-21-14-18(2)13-20(25(21)30)11-12-27(4,5)6/h10,13-16,30H,1,11-12,17H2,2-9H3. The molecule has 0 bridgehead atoms. The number of rotatable bonds is 6. The van der Waals surface area contributed by atoms with Crippen molar-refractivity contribution in [3.05, 3.63) is 70.3 Å². The minimum atomic E-state index is -0.477.